The van der Waals surface area contributed by atoms with Crippen LogP contribution in [0.25, 0.3) is 0 Å². The van der Waals surface area contributed by atoms with Crippen molar-refractivity contribution >= 4 is 18.1 Å². The van der Waals surface area contributed by atoms with Crippen molar-refractivity contribution in [1.29, 1.82) is 0 Å². The third kappa shape index (κ3) is 13.2. The number of hydrogen-bond donors (Lipinski definition) is 0. The Bertz CT molecular complexity index is 1360. The van der Waals surface area contributed by atoms with Gasteiger partial charge in [-0.05, 0) is 113 Å². The van der Waals surface area contributed by atoms with Crippen molar-refractivity contribution < 1.29 is 23.9 Å². The van der Waals surface area contributed by atoms with Gasteiger partial charge < -0.3 is 9.47 Å². The maximum atomic E-state index is 12.1. The van der Waals surface area contributed by atoms with E-state index in [9.17, 15) is 14.4 Å². The van der Waals surface area contributed by atoms with Crippen molar-refractivity contribution in [2.75, 3.05) is 0 Å². The molecule has 0 unspecified atom stereocenters. The Kier molecular flexibility index (Phi) is 14.6. The third-order valence-corrected chi connectivity index (χ3v) is 8.61. The lowest BCUT2D eigenvalue weighted by atomic mass is 9.72. The average molecular weight is 627 g/mol. The van der Waals surface area contributed by atoms with Crippen LogP contribution in [0.1, 0.15) is 108 Å². The van der Waals surface area contributed by atoms with Crippen molar-refractivity contribution in [3.05, 3.63) is 117 Å². The van der Waals surface area contributed by atoms with Crippen LogP contribution in [0.2, 0.25) is 0 Å². The molecule has 2 aliphatic carbocycles. The molecule has 5 nitrogen and oxygen atoms in total. The number of carbonyl (C=O) groups excluding carboxylic acids is 3. The van der Waals surface area contributed by atoms with Crippen LogP contribution in [-0.4, -0.2) is 18.1 Å². The van der Waals surface area contributed by atoms with Crippen LogP contribution in [0.5, 0.6) is 0 Å². The van der Waals surface area contributed by atoms with E-state index in [1.807, 2.05) is 38.2 Å². The fourth-order valence-corrected chi connectivity index (χ4v) is 5.98. The number of allylic oxidation sites excluding steroid dienone is 18. The zero-order valence-electron chi connectivity index (χ0n) is 29.7. The zero-order valence-corrected chi connectivity index (χ0v) is 29.7. The van der Waals surface area contributed by atoms with Crippen LogP contribution in [-0.2, 0) is 19.1 Å². The molecule has 0 heterocycles. The molecule has 2 rings (SSSR count). The Morgan fingerprint density at radius 1 is 0.587 bits per heavy atom. The fraction of sp³-hybridized carbons (Fsp3) is 0.439. The highest BCUT2D eigenvalue weighted by Gasteiger charge is 2.27. The van der Waals surface area contributed by atoms with Gasteiger partial charge in [-0.25, -0.2) is 14.4 Å². The van der Waals surface area contributed by atoms with Gasteiger partial charge in [-0.15, -0.1) is 0 Å². The number of rotatable bonds is 10. The molecule has 0 aliphatic heterocycles. The summed E-state index contributed by atoms with van der Waals surface area (Å²) in [5, 5.41) is 0. The second-order valence-electron chi connectivity index (χ2n) is 13.9. The van der Waals surface area contributed by atoms with Crippen molar-refractivity contribution in [3.63, 3.8) is 0 Å². The standard InChI is InChI=1S/C41H54O5/c1-29(21-23-35-33(5)19-13-25-40(35,7)8)15-11-17-31(3)27-37(42)45-39(44)46-38(43)28-32(4)18-12-16-30(2)22-24-36-34(6)20-14-26-41(36,9)10/h11-12,15-18,21-24,27-28H,13-14,19-20,25-26H2,1-10H3/b17-11+,18-12+,23-21+,24-22+,29-15+,30-16+,31-27+,32-28+. The maximum absolute atomic E-state index is 12.1. The first-order chi connectivity index (χ1) is 21.5. The number of esters is 2. The summed E-state index contributed by atoms with van der Waals surface area (Å²) >= 11 is 0. The van der Waals surface area contributed by atoms with Gasteiger partial charge in [0.1, 0.15) is 0 Å². The second-order valence-corrected chi connectivity index (χ2v) is 13.9. The molecule has 0 atom stereocenters. The van der Waals surface area contributed by atoms with Gasteiger partial charge in [-0.3, -0.25) is 0 Å². The number of ether oxygens (including phenoxy) is 2. The Hall–Kier alpha value is -3.99. The molecular weight excluding hydrogens is 572 g/mol. The summed E-state index contributed by atoms with van der Waals surface area (Å²) in [6, 6.07) is 0. The van der Waals surface area contributed by atoms with E-state index in [1.54, 1.807) is 26.0 Å². The van der Waals surface area contributed by atoms with Crippen LogP contribution in [0.15, 0.2) is 117 Å². The minimum absolute atomic E-state index is 0.185. The van der Waals surface area contributed by atoms with E-state index in [2.05, 4.69) is 75.3 Å². The lowest BCUT2D eigenvalue weighted by Gasteiger charge is -2.33. The van der Waals surface area contributed by atoms with Crippen LogP contribution in [0, 0.1) is 10.8 Å². The van der Waals surface area contributed by atoms with E-state index in [1.165, 1.54) is 60.1 Å². The van der Waals surface area contributed by atoms with Gasteiger partial charge in [0.25, 0.3) is 0 Å². The molecule has 0 fully saturated rings. The van der Waals surface area contributed by atoms with Gasteiger partial charge in [0, 0.05) is 12.2 Å². The normalized spacial score (nSPS) is 20.0. The van der Waals surface area contributed by atoms with Gasteiger partial charge in [-0.1, -0.05) is 111 Å². The van der Waals surface area contributed by atoms with Gasteiger partial charge in [0.2, 0.25) is 0 Å². The molecule has 248 valence electrons. The van der Waals surface area contributed by atoms with E-state index in [-0.39, 0.29) is 10.8 Å². The first-order valence-electron chi connectivity index (χ1n) is 16.3. The molecule has 0 N–H and O–H groups in total. The SMILES string of the molecule is CC1=C(/C=C/C(C)=C/C=C/C(C)=C/C(=O)OC(=O)OC(=O)/C=C(C)/C=C/C=C(C)/C=C/C2=C(C)CCCC2(C)C)C(C)(C)CCC1. The van der Waals surface area contributed by atoms with Crippen LogP contribution >= 0.6 is 0 Å². The molecule has 0 spiro atoms. The quantitative estimate of drug-likeness (QED) is 0.104. The molecule has 0 saturated carbocycles. The lowest BCUT2D eigenvalue weighted by Crippen LogP contribution is -2.19. The minimum Gasteiger partial charge on any atom is -0.357 e. The maximum Gasteiger partial charge on any atom is 0.524 e. The average Bonchev–Trinajstić information content (AvgIpc) is 2.91. The van der Waals surface area contributed by atoms with E-state index >= 15 is 0 Å². The molecule has 0 amide bonds. The topological polar surface area (TPSA) is 69.7 Å². The Balaban J connectivity index is 1.86. The zero-order chi connectivity index (χ0) is 34.5. The summed E-state index contributed by atoms with van der Waals surface area (Å²) < 4.78 is 9.23. The predicted molar refractivity (Wildman–Crippen MR) is 190 cm³/mol. The first-order valence-corrected chi connectivity index (χ1v) is 16.3. The van der Waals surface area contributed by atoms with Crippen LogP contribution < -0.4 is 0 Å². The molecule has 2 aliphatic rings. The Morgan fingerprint density at radius 3 is 1.30 bits per heavy atom. The molecule has 0 aromatic carbocycles. The Morgan fingerprint density at radius 2 is 0.957 bits per heavy atom. The molecule has 0 bridgehead atoms. The summed E-state index contributed by atoms with van der Waals surface area (Å²) in [6.07, 6.45) is 27.8. The molecule has 0 aromatic heterocycles. The molecule has 46 heavy (non-hydrogen) atoms. The predicted octanol–water partition coefficient (Wildman–Crippen LogP) is 11.3. The highest BCUT2D eigenvalue weighted by atomic mass is 16.8. The molecule has 0 saturated heterocycles. The largest absolute Gasteiger partial charge is 0.524 e. The summed E-state index contributed by atoms with van der Waals surface area (Å²) in [7, 11) is 0. The summed E-state index contributed by atoms with van der Waals surface area (Å²) in [6.45, 7) is 21.1. The highest BCUT2D eigenvalue weighted by molar-refractivity contribution is 5.96. The number of carbonyl (C=O) groups is 3. The summed E-state index contributed by atoms with van der Waals surface area (Å²) in [5.41, 5.74) is 9.38. The Labute approximate surface area is 277 Å². The van der Waals surface area contributed by atoms with E-state index in [0.29, 0.717) is 11.1 Å². The molecule has 5 heteroatoms. The van der Waals surface area contributed by atoms with Gasteiger partial charge in [0.05, 0.1) is 0 Å². The van der Waals surface area contributed by atoms with Crippen molar-refractivity contribution in [2.45, 2.75) is 108 Å². The van der Waals surface area contributed by atoms with E-state index in [4.69, 9.17) is 0 Å². The van der Waals surface area contributed by atoms with Crippen molar-refractivity contribution in [2.24, 2.45) is 10.8 Å². The number of hydrogen-bond acceptors (Lipinski definition) is 5. The van der Waals surface area contributed by atoms with Crippen molar-refractivity contribution in [3.8, 4) is 0 Å². The first kappa shape index (κ1) is 38.2. The van der Waals surface area contributed by atoms with Gasteiger partial charge in [-0.2, -0.15) is 0 Å². The highest BCUT2D eigenvalue weighted by Crippen LogP contribution is 2.41. The van der Waals surface area contributed by atoms with Gasteiger partial charge in [0.15, 0.2) is 0 Å². The molecule has 0 radical (unpaired) electrons. The summed E-state index contributed by atoms with van der Waals surface area (Å²) in [4.78, 5) is 36.2. The van der Waals surface area contributed by atoms with Gasteiger partial charge >= 0.3 is 18.1 Å². The molecular formula is C41H54O5. The van der Waals surface area contributed by atoms with E-state index < -0.39 is 18.1 Å². The van der Waals surface area contributed by atoms with Crippen LogP contribution in [0.4, 0.5) is 4.79 Å². The third-order valence-electron chi connectivity index (χ3n) is 8.61. The van der Waals surface area contributed by atoms with E-state index in [0.717, 1.165) is 24.0 Å². The minimum atomic E-state index is -1.37. The fourth-order valence-electron chi connectivity index (χ4n) is 5.98. The lowest BCUT2D eigenvalue weighted by molar-refractivity contribution is -0.140. The molecule has 0 aromatic rings. The smallest absolute Gasteiger partial charge is 0.357 e. The second kappa shape index (κ2) is 17.6. The van der Waals surface area contributed by atoms with Crippen molar-refractivity contribution in [1.82, 2.24) is 0 Å². The van der Waals surface area contributed by atoms with Crippen LogP contribution in [0.3, 0.4) is 0 Å². The monoisotopic (exact) mass is 626 g/mol. The summed E-state index contributed by atoms with van der Waals surface area (Å²) in [5.74, 6) is -1.83.